The maximum absolute atomic E-state index is 13.7. The molecule has 1 amide bonds. The van der Waals surface area contributed by atoms with Gasteiger partial charge in [0.2, 0.25) is 5.91 Å². The van der Waals surface area contributed by atoms with Gasteiger partial charge in [-0.1, -0.05) is 29.8 Å². The second-order valence-electron chi connectivity index (χ2n) is 9.98. The van der Waals surface area contributed by atoms with Crippen molar-refractivity contribution in [3.05, 3.63) is 83.4 Å². The molecule has 0 radical (unpaired) electrons. The van der Waals surface area contributed by atoms with E-state index < -0.39 is 21.5 Å². The van der Waals surface area contributed by atoms with E-state index in [0.717, 1.165) is 26.7 Å². The maximum atomic E-state index is 13.7. The highest BCUT2D eigenvalue weighted by molar-refractivity contribution is 7.92. The molecule has 1 unspecified atom stereocenters. The third-order valence-electron chi connectivity index (χ3n) is 6.29. The van der Waals surface area contributed by atoms with Crippen LogP contribution in [0, 0.1) is 13.8 Å². The zero-order valence-corrected chi connectivity index (χ0v) is 22.8. The number of hydrogen-bond acceptors (Lipinski definition) is 5. The summed E-state index contributed by atoms with van der Waals surface area (Å²) in [5.41, 5.74) is 2.78. The summed E-state index contributed by atoms with van der Waals surface area (Å²) in [5.74, 6) is 0.954. The molecule has 3 aromatic carbocycles. The van der Waals surface area contributed by atoms with Gasteiger partial charge in [0.05, 0.1) is 23.2 Å². The number of amides is 1. The van der Waals surface area contributed by atoms with Gasteiger partial charge >= 0.3 is 0 Å². The smallest absolute Gasteiger partial charge is 0.264 e. The second kappa shape index (κ2) is 10.5. The van der Waals surface area contributed by atoms with Crippen LogP contribution in [0.5, 0.6) is 11.5 Å². The second-order valence-corrected chi connectivity index (χ2v) is 11.8. The number of ether oxygens (including phenoxy) is 2. The van der Waals surface area contributed by atoms with Crippen molar-refractivity contribution >= 4 is 21.6 Å². The van der Waals surface area contributed by atoms with Gasteiger partial charge in [-0.15, -0.1) is 0 Å². The minimum Gasteiger partial charge on any atom is -0.494 e. The molecule has 7 nitrogen and oxygen atoms in total. The van der Waals surface area contributed by atoms with Crippen molar-refractivity contribution in [2.45, 2.75) is 57.6 Å². The first kappa shape index (κ1) is 26.5. The highest BCUT2D eigenvalue weighted by Crippen LogP contribution is 2.40. The van der Waals surface area contributed by atoms with Crippen molar-refractivity contribution in [2.24, 2.45) is 0 Å². The molecule has 0 bridgehead atoms. The third kappa shape index (κ3) is 6.07. The fourth-order valence-electron chi connectivity index (χ4n) is 4.49. The Morgan fingerprint density at radius 3 is 2.32 bits per heavy atom. The van der Waals surface area contributed by atoms with Crippen molar-refractivity contribution in [1.82, 2.24) is 5.32 Å². The van der Waals surface area contributed by atoms with Crippen LogP contribution in [0.15, 0.2) is 71.6 Å². The van der Waals surface area contributed by atoms with Crippen LogP contribution in [0.2, 0.25) is 0 Å². The molecule has 1 aliphatic rings. The fraction of sp³-hybridized carbons (Fsp3) is 0.345. The standard InChI is InChI=1S/C29H34N2O5S/c1-6-35-23-12-10-22(11-13-23)31(37(33,34)24-14-7-20(2)8-15-24)19-28(32)30-26-18-29(4,5)36-27-17-21(3)9-16-25(26)27/h7-17,26H,6,18-19H2,1-5H3,(H,30,32). The number of benzene rings is 3. The van der Waals surface area contributed by atoms with Gasteiger partial charge in [0.15, 0.2) is 0 Å². The molecule has 0 aromatic heterocycles. The number of sulfonamides is 1. The Balaban J connectivity index is 1.64. The predicted molar refractivity (Wildman–Crippen MR) is 145 cm³/mol. The lowest BCUT2D eigenvalue weighted by Crippen LogP contribution is -2.45. The topological polar surface area (TPSA) is 84.9 Å². The minimum absolute atomic E-state index is 0.118. The Hall–Kier alpha value is -3.52. The van der Waals surface area contributed by atoms with Crippen LogP contribution >= 0.6 is 0 Å². The average Bonchev–Trinajstić information content (AvgIpc) is 2.82. The van der Waals surface area contributed by atoms with Crippen molar-refractivity contribution in [3.63, 3.8) is 0 Å². The zero-order valence-electron chi connectivity index (χ0n) is 21.9. The van der Waals surface area contributed by atoms with Crippen LogP contribution in [0.1, 0.15) is 49.9 Å². The number of rotatable bonds is 8. The van der Waals surface area contributed by atoms with Crippen LogP contribution in [0.25, 0.3) is 0 Å². The summed E-state index contributed by atoms with van der Waals surface area (Å²) in [4.78, 5) is 13.5. The molecule has 1 N–H and O–H groups in total. The quantitative estimate of drug-likeness (QED) is 0.433. The fourth-order valence-corrected chi connectivity index (χ4v) is 5.91. The van der Waals surface area contributed by atoms with Gasteiger partial charge in [0.25, 0.3) is 10.0 Å². The molecule has 4 rings (SSSR count). The van der Waals surface area contributed by atoms with Crippen LogP contribution in [-0.4, -0.2) is 33.1 Å². The lowest BCUT2D eigenvalue weighted by Gasteiger charge is -2.38. The van der Waals surface area contributed by atoms with Crippen molar-refractivity contribution in [1.29, 1.82) is 0 Å². The van der Waals surface area contributed by atoms with E-state index in [-0.39, 0.29) is 17.5 Å². The maximum Gasteiger partial charge on any atom is 0.264 e. The van der Waals surface area contributed by atoms with E-state index >= 15 is 0 Å². The third-order valence-corrected chi connectivity index (χ3v) is 8.08. The number of carbonyl (C=O) groups is 1. The lowest BCUT2D eigenvalue weighted by molar-refractivity contribution is -0.120. The molecule has 0 saturated carbocycles. The first-order valence-electron chi connectivity index (χ1n) is 12.4. The molecule has 196 valence electrons. The Bertz CT molecular complexity index is 1370. The van der Waals surface area contributed by atoms with Crippen molar-refractivity contribution in [2.75, 3.05) is 17.5 Å². The van der Waals surface area contributed by atoms with E-state index in [4.69, 9.17) is 9.47 Å². The molecular weight excluding hydrogens is 488 g/mol. The number of carbonyl (C=O) groups excluding carboxylic acids is 1. The van der Waals surface area contributed by atoms with E-state index in [1.165, 1.54) is 0 Å². The summed E-state index contributed by atoms with van der Waals surface area (Å²) < 4.78 is 40.2. The molecule has 8 heteroatoms. The number of nitrogens with one attached hydrogen (secondary N) is 1. The average molecular weight is 523 g/mol. The van der Waals surface area contributed by atoms with Gasteiger partial charge in [0, 0.05) is 12.0 Å². The molecule has 0 spiro atoms. The summed E-state index contributed by atoms with van der Waals surface area (Å²) >= 11 is 0. The highest BCUT2D eigenvalue weighted by atomic mass is 32.2. The minimum atomic E-state index is -4.01. The monoisotopic (exact) mass is 522 g/mol. The van der Waals surface area contributed by atoms with Crippen molar-refractivity contribution < 1.29 is 22.7 Å². The zero-order chi connectivity index (χ0) is 26.8. The Morgan fingerprint density at radius 2 is 1.68 bits per heavy atom. The first-order chi connectivity index (χ1) is 17.5. The van der Waals surface area contributed by atoms with E-state index in [1.807, 2.05) is 52.8 Å². The van der Waals surface area contributed by atoms with Gasteiger partial charge in [0.1, 0.15) is 23.6 Å². The van der Waals surface area contributed by atoms with Crippen LogP contribution < -0.4 is 19.1 Å². The van der Waals surface area contributed by atoms with Crippen LogP contribution in [0.4, 0.5) is 5.69 Å². The number of nitrogens with zero attached hydrogens (tertiary/aromatic N) is 1. The normalized spacial score (nSPS) is 16.3. The molecule has 3 aromatic rings. The molecule has 1 atom stereocenters. The van der Waals surface area contributed by atoms with E-state index in [9.17, 15) is 13.2 Å². The van der Waals surface area contributed by atoms with Crippen LogP contribution in [0.3, 0.4) is 0 Å². The molecule has 0 aliphatic carbocycles. The Kier molecular flexibility index (Phi) is 7.50. The van der Waals surface area contributed by atoms with E-state index in [2.05, 4.69) is 5.32 Å². The molecule has 1 heterocycles. The number of aryl methyl sites for hydroxylation is 2. The first-order valence-corrected chi connectivity index (χ1v) is 13.8. The molecule has 0 fully saturated rings. The SMILES string of the molecule is CCOc1ccc(N(CC(=O)NC2CC(C)(C)Oc3cc(C)ccc32)S(=O)(=O)c2ccc(C)cc2)cc1. The molecule has 0 saturated heterocycles. The summed E-state index contributed by atoms with van der Waals surface area (Å²) in [5, 5.41) is 3.07. The van der Waals surface area contributed by atoms with Crippen molar-refractivity contribution in [3.8, 4) is 11.5 Å². The number of fused-ring (bicyclic) bond motifs is 1. The summed E-state index contributed by atoms with van der Waals surface area (Å²) in [7, 11) is -4.01. The number of hydrogen-bond donors (Lipinski definition) is 1. The summed E-state index contributed by atoms with van der Waals surface area (Å²) in [6.07, 6.45) is 0.558. The van der Waals surface area contributed by atoms with Gasteiger partial charge < -0.3 is 14.8 Å². The lowest BCUT2D eigenvalue weighted by atomic mass is 9.89. The molecule has 1 aliphatic heterocycles. The Morgan fingerprint density at radius 1 is 1.03 bits per heavy atom. The number of anilines is 1. The van der Waals surface area contributed by atoms with Crippen LogP contribution in [-0.2, 0) is 14.8 Å². The summed E-state index contributed by atoms with van der Waals surface area (Å²) in [6, 6.07) is 18.9. The van der Waals surface area contributed by atoms with Gasteiger partial charge in [-0.05, 0) is 82.6 Å². The molecular formula is C29H34N2O5S. The van der Waals surface area contributed by atoms with Gasteiger partial charge in [-0.25, -0.2) is 8.42 Å². The Labute approximate surface area is 219 Å². The van der Waals surface area contributed by atoms with Gasteiger partial charge in [-0.3, -0.25) is 9.10 Å². The molecule has 37 heavy (non-hydrogen) atoms. The largest absolute Gasteiger partial charge is 0.494 e. The predicted octanol–water partition coefficient (Wildman–Crippen LogP) is 5.32. The van der Waals surface area contributed by atoms with E-state index in [1.54, 1.807) is 48.5 Å². The van der Waals surface area contributed by atoms with E-state index in [0.29, 0.717) is 24.5 Å². The van der Waals surface area contributed by atoms with Gasteiger partial charge in [-0.2, -0.15) is 0 Å². The summed E-state index contributed by atoms with van der Waals surface area (Å²) in [6.45, 7) is 9.84. The highest BCUT2D eigenvalue weighted by Gasteiger charge is 2.35.